The third-order valence-corrected chi connectivity index (χ3v) is 4.19. The van der Waals surface area contributed by atoms with E-state index in [4.69, 9.17) is 14.2 Å². The zero-order valence-electron chi connectivity index (χ0n) is 15.3. The van der Waals surface area contributed by atoms with Crippen LogP contribution in [0.2, 0.25) is 0 Å². The minimum Gasteiger partial charge on any atom is -0.497 e. The van der Waals surface area contributed by atoms with Crippen molar-refractivity contribution in [1.29, 1.82) is 5.26 Å². The van der Waals surface area contributed by atoms with Gasteiger partial charge in [-0.2, -0.15) is 18.4 Å². The molecule has 0 fully saturated rings. The Hall–Kier alpha value is -3.34. The summed E-state index contributed by atoms with van der Waals surface area (Å²) in [7, 11) is 2.91. The van der Waals surface area contributed by atoms with E-state index < -0.39 is 12.0 Å². The molecule has 0 saturated carbocycles. The highest BCUT2D eigenvalue weighted by Gasteiger charge is 2.60. The van der Waals surface area contributed by atoms with Gasteiger partial charge in [0.15, 0.2) is 11.5 Å². The first kappa shape index (κ1) is 19.4. The number of hydrogen-bond acceptors (Lipinski definition) is 5. The number of fused-ring (bicyclic) bond motifs is 1. The van der Waals surface area contributed by atoms with E-state index in [-0.39, 0.29) is 22.6 Å². The van der Waals surface area contributed by atoms with E-state index in [1.807, 2.05) is 6.07 Å². The number of hydrogen-bond donors (Lipinski definition) is 0. The van der Waals surface area contributed by atoms with Crippen molar-refractivity contribution in [3.63, 3.8) is 0 Å². The van der Waals surface area contributed by atoms with Gasteiger partial charge in [-0.3, -0.25) is 0 Å². The molecule has 1 atom stereocenters. The number of nitriles is 1. The Morgan fingerprint density at radius 3 is 2.29 bits per heavy atom. The molecule has 0 amide bonds. The monoisotopic (exact) mass is 391 g/mol. The maximum absolute atomic E-state index is 14.1. The van der Waals surface area contributed by atoms with Crippen LogP contribution in [-0.4, -0.2) is 26.2 Å². The number of para-hydroxylation sites is 1. The minimum absolute atomic E-state index is 0.129. The Morgan fingerprint density at radius 2 is 1.71 bits per heavy atom. The molecule has 0 radical (unpaired) electrons. The minimum atomic E-state index is -4.22. The third-order valence-electron chi connectivity index (χ3n) is 4.19. The molecular weight excluding hydrogens is 375 g/mol. The summed E-state index contributed by atoms with van der Waals surface area (Å²) in [5.74, 6) is -3.04. The zero-order chi connectivity index (χ0) is 20.5. The number of ether oxygens (including phenoxy) is 4. The van der Waals surface area contributed by atoms with Gasteiger partial charge in [0.1, 0.15) is 11.5 Å². The van der Waals surface area contributed by atoms with E-state index in [1.165, 1.54) is 32.4 Å². The second-order valence-electron chi connectivity index (χ2n) is 6.06. The van der Waals surface area contributed by atoms with Crippen molar-refractivity contribution >= 4 is 5.57 Å². The molecule has 3 rings (SSSR count). The van der Waals surface area contributed by atoms with E-state index in [2.05, 4.69) is 4.74 Å². The largest absolute Gasteiger partial charge is 0.497 e. The van der Waals surface area contributed by atoms with Gasteiger partial charge >= 0.3 is 12.0 Å². The first-order chi connectivity index (χ1) is 13.2. The van der Waals surface area contributed by atoms with Crippen LogP contribution in [0.25, 0.3) is 5.57 Å². The Bertz CT molecular complexity index is 958. The van der Waals surface area contributed by atoms with Crippen molar-refractivity contribution in [2.75, 3.05) is 14.2 Å². The van der Waals surface area contributed by atoms with Gasteiger partial charge < -0.3 is 18.9 Å². The van der Waals surface area contributed by atoms with Gasteiger partial charge in [0.05, 0.1) is 20.3 Å². The second-order valence-corrected chi connectivity index (χ2v) is 6.06. The maximum Gasteiger partial charge on any atom is 0.471 e. The maximum atomic E-state index is 14.1. The summed E-state index contributed by atoms with van der Waals surface area (Å²) in [6, 6.07) is 11.0. The van der Waals surface area contributed by atoms with Crippen molar-refractivity contribution in [2.45, 2.75) is 18.9 Å². The van der Waals surface area contributed by atoms with Gasteiger partial charge in [0.25, 0.3) is 0 Å². The predicted molar refractivity (Wildman–Crippen MR) is 94.4 cm³/mol. The van der Waals surface area contributed by atoms with Crippen LogP contribution >= 0.6 is 0 Å². The molecule has 5 nitrogen and oxygen atoms in total. The predicted octanol–water partition coefficient (Wildman–Crippen LogP) is 4.71. The lowest BCUT2D eigenvalue weighted by molar-refractivity contribution is -0.332. The van der Waals surface area contributed by atoms with Crippen molar-refractivity contribution < 1.29 is 32.1 Å². The highest BCUT2D eigenvalue weighted by Crippen LogP contribution is 2.49. The van der Waals surface area contributed by atoms with Crippen LogP contribution in [0.15, 0.2) is 42.5 Å². The molecule has 1 aliphatic rings. The lowest BCUT2D eigenvalue weighted by Crippen LogP contribution is -2.53. The molecule has 0 aromatic heterocycles. The van der Waals surface area contributed by atoms with E-state index >= 15 is 0 Å². The van der Waals surface area contributed by atoms with Gasteiger partial charge in [0, 0.05) is 30.2 Å². The fourth-order valence-corrected chi connectivity index (χ4v) is 2.74. The van der Waals surface area contributed by atoms with Crippen molar-refractivity contribution in [3.05, 3.63) is 53.6 Å². The highest BCUT2D eigenvalue weighted by molar-refractivity contribution is 5.86. The summed E-state index contributed by atoms with van der Waals surface area (Å²) < 4.78 is 62.2. The van der Waals surface area contributed by atoms with Crippen LogP contribution in [-0.2, 0) is 0 Å². The van der Waals surface area contributed by atoms with Crippen LogP contribution in [0, 0.1) is 11.3 Å². The molecule has 0 N–H and O–H groups in total. The van der Waals surface area contributed by atoms with Crippen LogP contribution < -0.4 is 18.9 Å². The standard InChI is InChI=1S/C20H16F3NO4/c1-19(21)20(22,23)28-18-16(5-4-6-17(18)27-19)15(7-8-24)12-9-13(25-2)11-14(10-12)26-3/h4-7,9-11H,1-3H3/b15-7-. The van der Waals surface area contributed by atoms with Gasteiger partial charge in [-0.05, 0) is 23.8 Å². The first-order valence-electron chi connectivity index (χ1n) is 8.14. The third kappa shape index (κ3) is 3.31. The summed E-state index contributed by atoms with van der Waals surface area (Å²) in [5, 5.41) is 9.23. The van der Waals surface area contributed by atoms with E-state index in [0.717, 1.165) is 6.08 Å². The van der Waals surface area contributed by atoms with E-state index in [1.54, 1.807) is 18.2 Å². The highest BCUT2D eigenvalue weighted by atomic mass is 19.3. The molecule has 0 aliphatic carbocycles. The Kier molecular flexibility index (Phi) is 4.86. The summed E-state index contributed by atoms with van der Waals surface area (Å²) in [4.78, 5) is 0. The van der Waals surface area contributed by atoms with Crippen molar-refractivity contribution in [2.24, 2.45) is 0 Å². The summed E-state index contributed by atoms with van der Waals surface area (Å²) in [6.07, 6.45) is -3.06. The number of benzene rings is 2. The smallest absolute Gasteiger partial charge is 0.471 e. The quantitative estimate of drug-likeness (QED) is 0.707. The van der Waals surface area contributed by atoms with E-state index in [9.17, 15) is 18.4 Å². The molecule has 0 saturated heterocycles. The molecule has 1 aliphatic heterocycles. The van der Waals surface area contributed by atoms with Crippen LogP contribution in [0.1, 0.15) is 18.1 Å². The molecular formula is C20H16F3NO4. The Morgan fingerprint density at radius 1 is 1.07 bits per heavy atom. The number of nitrogens with zero attached hydrogens (tertiary/aromatic N) is 1. The van der Waals surface area contributed by atoms with Crippen LogP contribution in [0.5, 0.6) is 23.0 Å². The number of allylic oxidation sites excluding steroid dienone is 1. The van der Waals surface area contributed by atoms with Gasteiger partial charge in [-0.1, -0.05) is 12.1 Å². The number of methoxy groups -OCH3 is 2. The van der Waals surface area contributed by atoms with Crippen LogP contribution in [0.4, 0.5) is 13.2 Å². The molecule has 28 heavy (non-hydrogen) atoms. The van der Waals surface area contributed by atoms with Gasteiger partial charge in [0.2, 0.25) is 0 Å². The normalized spacial score (nSPS) is 20.2. The SMILES string of the molecule is COc1cc(OC)cc(/C(=C/C#N)c2cccc3c2OC(F)(F)C(C)(F)O3)c1. The number of halogens is 3. The topological polar surface area (TPSA) is 60.7 Å². The summed E-state index contributed by atoms with van der Waals surface area (Å²) in [5.41, 5.74) is 0.828. The van der Waals surface area contributed by atoms with Crippen molar-refractivity contribution in [3.8, 4) is 29.1 Å². The molecule has 2 aromatic carbocycles. The van der Waals surface area contributed by atoms with Gasteiger partial charge in [-0.25, -0.2) is 0 Å². The second kappa shape index (κ2) is 7.00. The van der Waals surface area contributed by atoms with E-state index in [0.29, 0.717) is 24.0 Å². The lowest BCUT2D eigenvalue weighted by Gasteiger charge is -2.36. The molecule has 146 valence electrons. The average Bonchev–Trinajstić information content (AvgIpc) is 2.66. The number of rotatable bonds is 4. The first-order valence-corrected chi connectivity index (χ1v) is 8.14. The summed E-state index contributed by atoms with van der Waals surface area (Å²) >= 11 is 0. The average molecular weight is 391 g/mol. The number of alkyl halides is 3. The molecule has 0 spiro atoms. The van der Waals surface area contributed by atoms with Gasteiger partial charge in [-0.15, -0.1) is 0 Å². The Balaban J connectivity index is 2.20. The Labute approximate surface area is 159 Å². The molecule has 0 bridgehead atoms. The van der Waals surface area contributed by atoms with Crippen molar-refractivity contribution in [1.82, 2.24) is 0 Å². The molecule has 1 unspecified atom stereocenters. The molecule has 8 heteroatoms. The fraction of sp³-hybridized carbons (Fsp3) is 0.250. The molecule has 2 aromatic rings. The van der Waals surface area contributed by atoms with Crippen LogP contribution in [0.3, 0.4) is 0 Å². The summed E-state index contributed by atoms with van der Waals surface area (Å²) in [6.45, 7) is 0.585. The molecule has 1 heterocycles. The zero-order valence-corrected chi connectivity index (χ0v) is 15.3. The lowest BCUT2D eigenvalue weighted by atomic mass is 9.95. The fourth-order valence-electron chi connectivity index (χ4n) is 2.74.